The first-order valence-corrected chi connectivity index (χ1v) is 21.3. The molecule has 2 aromatic carbocycles. The van der Waals surface area contributed by atoms with Crippen molar-refractivity contribution in [2.75, 3.05) is 78.5 Å². The molecule has 2 N–H and O–H groups in total. The monoisotopic (exact) mass is 820 g/mol. The molecule has 60 heavy (non-hydrogen) atoms. The number of carbonyl (C=O) groups excluding carboxylic acids is 4. The zero-order chi connectivity index (χ0) is 42.0. The van der Waals surface area contributed by atoms with Gasteiger partial charge in [0.2, 0.25) is 11.8 Å². The summed E-state index contributed by atoms with van der Waals surface area (Å²) in [5.41, 5.74) is 7.36. The third-order valence-electron chi connectivity index (χ3n) is 14.2. The van der Waals surface area contributed by atoms with Gasteiger partial charge in [-0.3, -0.25) is 29.4 Å². The highest BCUT2D eigenvalue weighted by Gasteiger charge is 2.46. The van der Waals surface area contributed by atoms with E-state index in [4.69, 9.17) is 9.47 Å². The number of nitrogens with one attached hydrogen (secondary N) is 2. The molecule has 0 aliphatic carbocycles. The number of anilines is 1. The average Bonchev–Trinajstić information content (AvgIpc) is 3.55. The fraction of sp³-hybridized carbons (Fsp3) is 0.533. The second-order valence-corrected chi connectivity index (χ2v) is 17.8. The highest BCUT2D eigenvalue weighted by molar-refractivity contribution is 6.05. The largest absolute Gasteiger partial charge is 0.496 e. The molecule has 318 valence electrons. The summed E-state index contributed by atoms with van der Waals surface area (Å²) in [7, 11) is 6.75. The Balaban J connectivity index is 0.789. The van der Waals surface area contributed by atoms with Crippen molar-refractivity contribution in [2.45, 2.75) is 64.2 Å². The third kappa shape index (κ3) is 6.98. The average molecular weight is 821 g/mol. The van der Waals surface area contributed by atoms with Crippen LogP contribution in [0, 0.1) is 11.3 Å². The number of piperidine rings is 2. The number of urea groups is 1. The Labute approximate surface area is 350 Å². The number of fused-ring (bicyclic) bond motifs is 2. The number of hydrogen-bond donors (Lipinski definition) is 2. The molecule has 1 spiro atoms. The zero-order valence-electron chi connectivity index (χ0n) is 35.3. The first-order chi connectivity index (χ1) is 28.9. The van der Waals surface area contributed by atoms with E-state index in [0.29, 0.717) is 48.4 Å². The highest BCUT2D eigenvalue weighted by atomic mass is 16.5. The maximum atomic E-state index is 13.4. The van der Waals surface area contributed by atoms with Gasteiger partial charge in [0, 0.05) is 106 Å². The number of carbonyl (C=O) groups is 4. The number of pyridine rings is 1. The van der Waals surface area contributed by atoms with E-state index in [0.717, 1.165) is 104 Å². The molecule has 9 rings (SSSR count). The van der Waals surface area contributed by atoms with Crippen molar-refractivity contribution in [2.24, 2.45) is 18.4 Å². The Hall–Kier alpha value is -5.41. The molecular weight excluding hydrogens is 765 g/mol. The standard InChI is InChI=1S/C45H56N8O7/c1-27(40-37(59-4)16-30(17-38(40)60-5)34-23-48(3)42(56)35-24-50(44(58)46-2)13-10-32(34)35)51-20-28(21-51)19-49-14-11-45(12-15-49)25-52(26-45)31-7-6-29-22-53(43(57)33(29)18-31)36-8-9-39(54)47-41(36)55/h6-7,16-18,23,27-28,36H,8-15,19-22,24-26H2,1-5H3,(H,46,58)(H,47,54,55). The Kier molecular flexibility index (Phi) is 10.4. The summed E-state index contributed by atoms with van der Waals surface area (Å²) in [5.74, 6) is 1.31. The number of benzene rings is 2. The smallest absolute Gasteiger partial charge is 0.317 e. The van der Waals surface area contributed by atoms with Crippen LogP contribution >= 0.6 is 0 Å². The molecule has 0 bridgehead atoms. The van der Waals surface area contributed by atoms with Gasteiger partial charge >= 0.3 is 6.03 Å². The number of aromatic nitrogens is 1. The Morgan fingerprint density at radius 1 is 0.933 bits per heavy atom. The van der Waals surface area contributed by atoms with Gasteiger partial charge in [-0.05, 0) is 92.6 Å². The fourth-order valence-corrected chi connectivity index (χ4v) is 10.7. The van der Waals surface area contributed by atoms with Gasteiger partial charge in [0.25, 0.3) is 11.5 Å². The van der Waals surface area contributed by atoms with Crippen LogP contribution in [-0.4, -0.2) is 128 Å². The van der Waals surface area contributed by atoms with Crippen LogP contribution in [-0.2, 0) is 36.1 Å². The minimum atomic E-state index is -0.599. The zero-order valence-corrected chi connectivity index (χ0v) is 35.3. The highest BCUT2D eigenvalue weighted by Crippen LogP contribution is 2.46. The topological polar surface area (TPSA) is 149 Å². The molecule has 0 radical (unpaired) electrons. The van der Waals surface area contributed by atoms with E-state index in [-0.39, 0.29) is 48.3 Å². The van der Waals surface area contributed by atoms with Gasteiger partial charge in [-0.25, -0.2) is 4.79 Å². The Bertz CT molecular complexity index is 2280. The van der Waals surface area contributed by atoms with Crippen molar-refractivity contribution in [1.82, 2.24) is 34.8 Å². The number of amides is 5. The summed E-state index contributed by atoms with van der Waals surface area (Å²) in [6.07, 6.45) is 5.41. The van der Waals surface area contributed by atoms with Crippen molar-refractivity contribution < 1.29 is 28.7 Å². The van der Waals surface area contributed by atoms with Gasteiger partial charge in [0.15, 0.2) is 0 Å². The van der Waals surface area contributed by atoms with Gasteiger partial charge in [-0.2, -0.15) is 0 Å². The predicted molar refractivity (Wildman–Crippen MR) is 225 cm³/mol. The number of likely N-dealkylation sites (tertiary alicyclic amines) is 2. The number of imide groups is 1. The number of hydrogen-bond acceptors (Lipinski definition) is 10. The van der Waals surface area contributed by atoms with Crippen LogP contribution in [0.5, 0.6) is 11.5 Å². The molecule has 7 heterocycles. The first kappa shape index (κ1) is 40.0. The van der Waals surface area contributed by atoms with Crippen molar-refractivity contribution in [3.05, 3.63) is 74.7 Å². The van der Waals surface area contributed by atoms with E-state index in [1.165, 1.54) is 0 Å². The first-order valence-electron chi connectivity index (χ1n) is 21.3. The summed E-state index contributed by atoms with van der Waals surface area (Å²) in [6.45, 7) is 10.7. The van der Waals surface area contributed by atoms with Gasteiger partial charge in [-0.15, -0.1) is 0 Å². The molecule has 3 aromatic rings. The van der Waals surface area contributed by atoms with Crippen molar-refractivity contribution >= 4 is 29.4 Å². The van der Waals surface area contributed by atoms with Crippen LogP contribution in [0.25, 0.3) is 11.1 Å². The molecule has 6 aliphatic heterocycles. The van der Waals surface area contributed by atoms with Gasteiger partial charge in [0.1, 0.15) is 17.5 Å². The van der Waals surface area contributed by atoms with E-state index in [2.05, 4.69) is 50.5 Å². The van der Waals surface area contributed by atoms with Crippen LogP contribution in [0.1, 0.15) is 71.3 Å². The quantitative estimate of drug-likeness (QED) is 0.309. The Morgan fingerprint density at radius 3 is 2.32 bits per heavy atom. The Morgan fingerprint density at radius 2 is 1.65 bits per heavy atom. The van der Waals surface area contributed by atoms with E-state index in [1.54, 1.807) is 42.7 Å². The van der Waals surface area contributed by atoms with Crippen molar-refractivity contribution in [1.29, 1.82) is 0 Å². The third-order valence-corrected chi connectivity index (χ3v) is 14.2. The normalized spacial score (nSPS) is 22.2. The van der Waals surface area contributed by atoms with Gasteiger partial charge < -0.3 is 39.0 Å². The second-order valence-electron chi connectivity index (χ2n) is 17.8. The molecule has 15 nitrogen and oxygen atoms in total. The molecule has 2 atom stereocenters. The van der Waals surface area contributed by atoms with E-state index in [9.17, 15) is 24.0 Å². The van der Waals surface area contributed by atoms with Crippen molar-refractivity contribution in [3.8, 4) is 22.6 Å². The van der Waals surface area contributed by atoms with Crippen LogP contribution in [0.15, 0.2) is 41.3 Å². The van der Waals surface area contributed by atoms with E-state index in [1.807, 2.05) is 18.3 Å². The van der Waals surface area contributed by atoms with Crippen LogP contribution in [0.2, 0.25) is 0 Å². The summed E-state index contributed by atoms with van der Waals surface area (Å²) < 4.78 is 13.7. The van der Waals surface area contributed by atoms with Crippen LogP contribution < -0.4 is 30.6 Å². The number of methoxy groups -OCH3 is 2. The molecule has 5 amide bonds. The molecule has 4 fully saturated rings. The summed E-state index contributed by atoms with van der Waals surface area (Å²) in [4.78, 5) is 74.0. The SMILES string of the molecule is CNC(=O)N1CCc2c(-c3cc(OC)c(C(C)N4CC(CN5CCC6(CC5)CN(c5ccc7c(c5)C(=O)N(C5CCC(=O)NC5=O)C7)C6)C4)c(OC)c3)cn(C)c(=O)c2C1. The number of aryl methyl sites for hydroxylation is 1. The molecule has 0 saturated carbocycles. The molecular formula is C45H56N8O7. The lowest BCUT2D eigenvalue weighted by atomic mass is 9.71. The summed E-state index contributed by atoms with van der Waals surface area (Å²) >= 11 is 0. The lowest BCUT2D eigenvalue weighted by Crippen LogP contribution is -2.61. The van der Waals surface area contributed by atoms with Crippen molar-refractivity contribution in [3.63, 3.8) is 0 Å². The summed E-state index contributed by atoms with van der Waals surface area (Å²) in [5, 5.41) is 5.06. The lowest BCUT2D eigenvalue weighted by Gasteiger charge is -2.55. The number of ether oxygens (including phenoxy) is 2. The predicted octanol–water partition coefficient (Wildman–Crippen LogP) is 3.12. The minimum absolute atomic E-state index is 0.0796. The fourth-order valence-electron chi connectivity index (χ4n) is 10.7. The number of nitrogens with zero attached hydrogens (tertiary/aromatic N) is 6. The van der Waals surface area contributed by atoms with Gasteiger partial charge in [-0.1, -0.05) is 6.07 Å². The lowest BCUT2D eigenvalue weighted by molar-refractivity contribution is -0.136. The maximum Gasteiger partial charge on any atom is 0.317 e. The molecule has 2 unspecified atom stereocenters. The molecule has 4 saturated heterocycles. The molecule has 15 heteroatoms. The second kappa shape index (κ2) is 15.6. The molecule has 6 aliphatic rings. The summed E-state index contributed by atoms with van der Waals surface area (Å²) in [6, 6.07) is 9.54. The molecule has 1 aromatic heterocycles. The number of rotatable bonds is 9. The van der Waals surface area contributed by atoms with E-state index < -0.39 is 6.04 Å². The maximum absolute atomic E-state index is 13.4. The minimum Gasteiger partial charge on any atom is -0.496 e. The van der Waals surface area contributed by atoms with E-state index >= 15 is 0 Å². The van der Waals surface area contributed by atoms with Crippen LogP contribution in [0.3, 0.4) is 0 Å². The van der Waals surface area contributed by atoms with Gasteiger partial charge in [0.05, 0.1) is 26.3 Å². The van der Waals surface area contributed by atoms with Crippen LogP contribution in [0.4, 0.5) is 10.5 Å².